The molecule has 0 spiro atoms. The standard InChI is InChI=1S/C23H27N3O5S/c1-16-7-10-20(26(28)29)15-22(16)32(30,31)24-13-11-19(12-14-24)23(27)25-17(2)8-9-18-5-3-4-6-21(18)25/h3-7,10,15,17,19H,8-9,11-14H2,1-2H3. The Morgan fingerprint density at radius 1 is 1.09 bits per heavy atom. The number of rotatable bonds is 4. The van der Waals surface area contributed by atoms with Crippen molar-refractivity contribution in [2.24, 2.45) is 5.92 Å². The largest absolute Gasteiger partial charge is 0.309 e. The van der Waals surface area contributed by atoms with Crippen LogP contribution in [0, 0.1) is 23.0 Å². The summed E-state index contributed by atoms with van der Waals surface area (Å²) >= 11 is 0. The third-order valence-electron chi connectivity index (χ3n) is 6.56. The summed E-state index contributed by atoms with van der Waals surface area (Å²) in [7, 11) is -3.88. The Hall–Kier alpha value is -2.78. The van der Waals surface area contributed by atoms with Gasteiger partial charge in [0.1, 0.15) is 0 Å². The molecule has 2 aromatic carbocycles. The zero-order chi connectivity index (χ0) is 23.0. The van der Waals surface area contributed by atoms with Crippen molar-refractivity contribution in [3.05, 3.63) is 63.7 Å². The maximum Gasteiger partial charge on any atom is 0.270 e. The van der Waals surface area contributed by atoms with Crippen molar-refractivity contribution in [2.75, 3.05) is 18.0 Å². The van der Waals surface area contributed by atoms with E-state index in [9.17, 15) is 23.3 Å². The van der Waals surface area contributed by atoms with Crippen molar-refractivity contribution in [1.29, 1.82) is 0 Å². The van der Waals surface area contributed by atoms with Crippen LogP contribution in [-0.4, -0.2) is 42.7 Å². The number of carbonyl (C=O) groups is 1. The van der Waals surface area contributed by atoms with Crippen LogP contribution in [0.5, 0.6) is 0 Å². The summed E-state index contributed by atoms with van der Waals surface area (Å²) in [6.07, 6.45) is 2.71. The highest BCUT2D eigenvalue weighted by molar-refractivity contribution is 7.89. The molecule has 170 valence electrons. The molecule has 4 rings (SSSR count). The molecule has 2 aromatic rings. The first-order valence-corrected chi connectivity index (χ1v) is 12.3. The lowest BCUT2D eigenvalue weighted by atomic mass is 9.91. The van der Waals surface area contributed by atoms with E-state index in [1.165, 1.54) is 22.0 Å². The van der Waals surface area contributed by atoms with Crippen LogP contribution in [0.15, 0.2) is 47.4 Å². The predicted octanol–water partition coefficient (Wildman–Crippen LogP) is 3.67. The van der Waals surface area contributed by atoms with Crippen molar-refractivity contribution in [3.8, 4) is 0 Å². The zero-order valence-corrected chi connectivity index (χ0v) is 19.0. The number of non-ortho nitro benzene ring substituents is 1. The number of nitro groups is 1. The molecule has 0 N–H and O–H groups in total. The van der Waals surface area contributed by atoms with Crippen molar-refractivity contribution in [2.45, 2.75) is 50.5 Å². The van der Waals surface area contributed by atoms with Gasteiger partial charge >= 0.3 is 0 Å². The Bertz CT molecular complexity index is 1160. The molecule has 2 aliphatic heterocycles. The normalized spacial score (nSPS) is 20.1. The molecule has 1 atom stereocenters. The number of nitrogens with zero attached hydrogens (tertiary/aromatic N) is 3. The van der Waals surface area contributed by atoms with Gasteiger partial charge in [-0.25, -0.2) is 8.42 Å². The van der Waals surface area contributed by atoms with Gasteiger partial charge in [-0.1, -0.05) is 24.3 Å². The number of sulfonamides is 1. The Morgan fingerprint density at radius 3 is 2.47 bits per heavy atom. The second kappa shape index (κ2) is 8.63. The summed E-state index contributed by atoms with van der Waals surface area (Å²) in [5.74, 6) is -0.200. The van der Waals surface area contributed by atoms with Gasteiger partial charge in [0.2, 0.25) is 15.9 Å². The molecule has 0 aliphatic carbocycles. The number of piperidine rings is 1. The summed E-state index contributed by atoms with van der Waals surface area (Å²) < 4.78 is 27.7. The summed E-state index contributed by atoms with van der Waals surface area (Å²) in [5, 5.41) is 11.1. The van der Waals surface area contributed by atoms with E-state index in [1.54, 1.807) is 6.92 Å². The van der Waals surface area contributed by atoms with E-state index < -0.39 is 14.9 Å². The molecule has 1 fully saturated rings. The first-order valence-electron chi connectivity index (χ1n) is 10.9. The molecule has 1 unspecified atom stereocenters. The van der Waals surface area contributed by atoms with Crippen LogP contribution >= 0.6 is 0 Å². The van der Waals surface area contributed by atoms with Gasteiger partial charge in [0.25, 0.3) is 5.69 Å². The molecule has 0 bridgehead atoms. The van der Waals surface area contributed by atoms with Gasteiger partial charge in [-0.15, -0.1) is 0 Å². The predicted molar refractivity (Wildman–Crippen MR) is 121 cm³/mol. The number of anilines is 1. The number of amides is 1. The van der Waals surface area contributed by atoms with Crippen LogP contribution < -0.4 is 4.90 Å². The van der Waals surface area contributed by atoms with Gasteiger partial charge in [-0.05, 0) is 56.7 Å². The highest BCUT2D eigenvalue weighted by Crippen LogP contribution is 2.34. The van der Waals surface area contributed by atoms with Crippen molar-refractivity contribution >= 4 is 27.3 Å². The van der Waals surface area contributed by atoms with Crippen molar-refractivity contribution in [3.63, 3.8) is 0 Å². The van der Waals surface area contributed by atoms with E-state index in [1.807, 2.05) is 23.1 Å². The molecule has 8 nitrogen and oxygen atoms in total. The van der Waals surface area contributed by atoms with Gasteiger partial charge in [-0.2, -0.15) is 4.31 Å². The maximum atomic E-state index is 13.4. The van der Waals surface area contributed by atoms with E-state index in [0.29, 0.717) is 18.4 Å². The second-order valence-electron chi connectivity index (χ2n) is 8.61. The minimum atomic E-state index is -3.88. The third-order valence-corrected chi connectivity index (χ3v) is 8.60. The SMILES string of the molecule is Cc1ccc([N+](=O)[O-])cc1S(=O)(=O)N1CCC(C(=O)N2c3ccccc3CCC2C)CC1. The van der Waals surface area contributed by atoms with Crippen LogP contribution in [0.1, 0.15) is 37.3 Å². The van der Waals surface area contributed by atoms with E-state index in [2.05, 4.69) is 13.0 Å². The molecule has 0 radical (unpaired) electrons. The molecule has 0 aromatic heterocycles. The van der Waals surface area contributed by atoms with Crippen molar-refractivity contribution in [1.82, 2.24) is 4.31 Å². The number of hydrogen-bond acceptors (Lipinski definition) is 5. The Balaban J connectivity index is 1.51. The highest BCUT2D eigenvalue weighted by atomic mass is 32.2. The number of aryl methyl sites for hydroxylation is 2. The first kappa shape index (κ1) is 22.4. The molecular weight excluding hydrogens is 430 g/mol. The second-order valence-corrected chi connectivity index (χ2v) is 10.5. The fraction of sp³-hybridized carbons (Fsp3) is 0.435. The van der Waals surface area contributed by atoms with Gasteiger partial charge in [0.15, 0.2) is 0 Å². The number of hydrogen-bond donors (Lipinski definition) is 0. The third kappa shape index (κ3) is 4.02. The quantitative estimate of drug-likeness (QED) is 0.515. The summed E-state index contributed by atoms with van der Waals surface area (Å²) in [6.45, 7) is 4.11. The molecule has 2 heterocycles. The minimum absolute atomic E-state index is 0.0462. The Morgan fingerprint density at radius 2 is 1.78 bits per heavy atom. The van der Waals surface area contributed by atoms with E-state index in [-0.39, 0.29) is 41.5 Å². The fourth-order valence-corrected chi connectivity index (χ4v) is 6.40. The molecule has 9 heteroatoms. The smallest absolute Gasteiger partial charge is 0.270 e. The van der Waals surface area contributed by atoms with Crippen molar-refractivity contribution < 1.29 is 18.1 Å². The highest BCUT2D eigenvalue weighted by Gasteiger charge is 2.37. The topological polar surface area (TPSA) is 101 Å². The summed E-state index contributed by atoms with van der Waals surface area (Å²) in [5.41, 5.74) is 2.34. The van der Waals surface area contributed by atoms with Crippen LogP contribution in [0.25, 0.3) is 0 Å². The van der Waals surface area contributed by atoms with Gasteiger partial charge in [-0.3, -0.25) is 14.9 Å². The lowest BCUT2D eigenvalue weighted by Gasteiger charge is -2.39. The average molecular weight is 458 g/mol. The maximum absolute atomic E-state index is 13.4. The molecular formula is C23H27N3O5S. The van der Waals surface area contributed by atoms with Gasteiger partial charge < -0.3 is 4.90 Å². The zero-order valence-electron chi connectivity index (χ0n) is 18.2. The van der Waals surface area contributed by atoms with Crippen LogP contribution in [0.2, 0.25) is 0 Å². The molecule has 32 heavy (non-hydrogen) atoms. The molecule has 1 saturated heterocycles. The average Bonchev–Trinajstić information content (AvgIpc) is 2.78. The van der Waals surface area contributed by atoms with Crippen LogP contribution in [0.4, 0.5) is 11.4 Å². The Labute approximate surface area is 188 Å². The summed E-state index contributed by atoms with van der Waals surface area (Å²) in [4.78, 5) is 25.8. The number of carbonyl (C=O) groups excluding carboxylic acids is 1. The number of nitro benzene ring substituents is 1. The lowest BCUT2D eigenvalue weighted by molar-refractivity contribution is -0.385. The monoisotopic (exact) mass is 457 g/mol. The van der Waals surface area contributed by atoms with E-state index in [4.69, 9.17) is 0 Å². The number of para-hydroxylation sites is 1. The number of fused-ring (bicyclic) bond motifs is 1. The van der Waals surface area contributed by atoms with E-state index >= 15 is 0 Å². The summed E-state index contributed by atoms with van der Waals surface area (Å²) in [6, 6.07) is 11.9. The number of benzene rings is 2. The Kier molecular flexibility index (Phi) is 6.05. The first-order chi connectivity index (χ1) is 15.2. The molecule has 0 saturated carbocycles. The van der Waals surface area contributed by atoms with Crippen LogP contribution in [0.3, 0.4) is 0 Å². The minimum Gasteiger partial charge on any atom is -0.309 e. The van der Waals surface area contributed by atoms with E-state index in [0.717, 1.165) is 24.6 Å². The fourth-order valence-electron chi connectivity index (χ4n) is 4.68. The molecule has 2 aliphatic rings. The lowest BCUT2D eigenvalue weighted by Crippen LogP contribution is -2.48. The van der Waals surface area contributed by atoms with Gasteiger partial charge in [0, 0.05) is 42.9 Å². The van der Waals surface area contributed by atoms with Gasteiger partial charge in [0.05, 0.1) is 9.82 Å². The van der Waals surface area contributed by atoms with Crippen LogP contribution in [-0.2, 0) is 21.2 Å². The molecule has 1 amide bonds.